The van der Waals surface area contributed by atoms with E-state index in [0.717, 1.165) is 10.9 Å². The Morgan fingerprint density at radius 2 is 2.25 bits per heavy atom. The van der Waals surface area contributed by atoms with Gasteiger partial charge in [-0.2, -0.15) is 10.4 Å². The molecule has 2 aromatic heterocycles. The molecule has 0 aliphatic rings. The fourth-order valence-corrected chi connectivity index (χ4v) is 1.91. The maximum atomic E-state index is 11.9. The van der Waals surface area contributed by atoms with E-state index in [-0.39, 0.29) is 18.9 Å². The first-order valence-corrected chi connectivity index (χ1v) is 6.29. The minimum absolute atomic E-state index is 0.00485. The van der Waals surface area contributed by atoms with Crippen LogP contribution >= 0.6 is 0 Å². The van der Waals surface area contributed by atoms with Crippen molar-refractivity contribution < 1.29 is 9.53 Å². The lowest BCUT2D eigenvalue weighted by Crippen LogP contribution is -2.26. The molecule has 0 bridgehead atoms. The quantitative estimate of drug-likeness (QED) is 0.796. The van der Waals surface area contributed by atoms with E-state index in [1.165, 1.54) is 4.68 Å². The third-order valence-corrected chi connectivity index (χ3v) is 2.58. The van der Waals surface area contributed by atoms with Gasteiger partial charge in [-0.3, -0.25) is 14.5 Å². The van der Waals surface area contributed by atoms with Gasteiger partial charge in [0.1, 0.15) is 12.1 Å². The lowest BCUT2D eigenvalue weighted by atomic mass is 10.2. The molecule has 2 heterocycles. The van der Waals surface area contributed by atoms with Crippen LogP contribution < -0.4 is 0 Å². The third kappa shape index (κ3) is 3.12. The van der Waals surface area contributed by atoms with Crippen LogP contribution in [0.1, 0.15) is 26.5 Å². The fraction of sp³-hybridized carbons (Fsp3) is 0.429. The highest BCUT2D eigenvalue weighted by Gasteiger charge is 2.18. The molecule has 0 saturated heterocycles. The van der Waals surface area contributed by atoms with Gasteiger partial charge in [0.25, 0.3) is 0 Å². The van der Waals surface area contributed by atoms with Gasteiger partial charge in [0, 0.05) is 11.6 Å². The van der Waals surface area contributed by atoms with Crippen molar-refractivity contribution in [3.8, 4) is 6.07 Å². The summed E-state index contributed by atoms with van der Waals surface area (Å²) in [5.74, 6) is -0.366. The van der Waals surface area contributed by atoms with Crippen LogP contribution in [0.2, 0.25) is 0 Å². The number of hydrogen-bond donors (Lipinski definition) is 0. The van der Waals surface area contributed by atoms with E-state index >= 15 is 0 Å². The van der Waals surface area contributed by atoms with E-state index in [0.29, 0.717) is 5.69 Å². The summed E-state index contributed by atoms with van der Waals surface area (Å²) < 4.78 is 6.81. The number of rotatable bonds is 3. The molecular weight excluding hydrogens is 256 g/mol. The van der Waals surface area contributed by atoms with Crippen LogP contribution in [0.3, 0.4) is 0 Å². The zero-order chi connectivity index (χ0) is 14.8. The topological polar surface area (TPSA) is 80.8 Å². The van der Waals surface area contributed by atoms with Crippen molar-refractivity contribution in [1.29, 1.82) is 5.26 Å². The molecule has 0 aromatic carbocycles. The Bertz CT molecular complexity index is 677. The van der Waals surface area contributed by atoms with Gasteiger partial charge in [-0.05, 0) is 26.8 Å². The van der Waals surface area contributed by atoms with Gasteiger partial charge in [-0.25, -0.2) is 0 Å². The summed E-state index contributed by atoms with van der Waals surface area (Å²) >= 11 is 0. The van der Waals surface area contributed by atoms with Crippen molar-refractivity contribution in [3.63, 3.8) is 0 Å². The summed E-state index contributed by atoms with van der Waals surface area (Å²) in [6, 6.07) is 3.86. The molecule has 6 heteroatoms. The summed E-state index contributed by atoms with van der Waals surface area (Å²) in [4.78, 5) is 15.9. The first kappa shape index (κ1) is 14.0. The standard InChI is InChI=1S/C14H16N4O2/c1-14(2,3)20-13(19)9-18-12-8-16-7-5-10(12)11(17-18)4-6-15/h5,7-8H,4,9H2,1-3H3. The molecule has 0 unspecified atom stereocenters. The van der Waals surface area contributed by atoms with Crippen LogP contribution in [0.15, 0.2) is 18.5 Å². The number of hydrogen-bond acceptors (Lipinski definition) is 5. The van der Waals surface area contributed by atoms with Crippen molar-refractivity contribution in [3.05, 3.63) is 24.2 Å². The molecule has 0 amide bonds. The van der Waals surface area contributed by atoms with E-state index in [1.54, 1.807) is 18.5 Å². The molecule has 0 N–H and O–H groups in total. The summed E-state index contributed by atoms with van der Waals surface area (Å²) in [5.41, 5.74) is 0.838. The SMILES string of the molecule is CC(C)(C)OC(=O)Cn1nc(CC#N)c2ccncc21. The molecule has 0 aliphatic heterocycles. The molecule has 20 heavy (non-hydrogen) atoms. The monoisotopic (exact) mass is 272 g/mol. The summed E-state index contributed by atoms with van der Waals surface area (Å²) in [7, 11) is 0. The molecular formula is C14H16N4O2. The Morgan fingerprint density at radius 3 is 2.90 bits per heavy atom. The third-order valence-electron chi connectivity index (χ3n) is 2.58. The maximum Gasteiger partial charge on any atom is 0.328 e. The highest BCUT2D eigenvalue weighted by molar-refractivity contribution is 5.82. The predicted molar refractivity (Wildman–Crippen MR) is 72.7 cm³/mol. The lowest BCUT2D eigenvalue weighted by Gasteiger charge is -2.19. The van der Waals surface area contributed by atoms with Crippen molar-refractivity contribution in [2.45, 2.75) is 39.3 Å². The van der Waals surface area contributed by atoms with E-state index in [1.807, 2.05) is 20.8 Å². The molecule has 0 radical (unpaired) electrons. The smallest absolute Gasteiger partial charge is 0.328 e. The van der Waals surface area contributed by atoms with Crippen molar-refractivity contribution in [2.24, 2.45) is 0 Å². The largest absolute Gasteiger partial charge is 0.459 e. The first-order valence-electron chi connectivity index (χ1n) is 6.29. The molecule has 6 nitrogen and oxygen atoms in total. The number of aromatic nitrogens is 3. The molecule has 0 saturated carbocycles. The number of nitriles is 1. The maximum absolute atomic E-state index is 11.9. The second kappa shape index (κ2) is 5.29. The molecule has 2 aromatic rings. The Labute approximate surface area is 117 Å². The van der Waals surface area contributed by atoms with Crippen molar-refractivity contribution in [2.75, 3.05) is 0 Å². The number of carbonyl (C=O) groups excluding carboxylic acids is 1. The fourth-order valence-electron chi connectivity index (χ4n) is 1.91. The minimum atomic E-state index is -0.534. The minimum Gasteiger partial charge on any atom is -0.459 e. The number of pyridine rings is 1. The van der Waals surface area contributed by atoms with Gasteiger partial charge in [-0.1, -0.05) is 0 Å². The average molecular weight is 272 g/mol. The molecule has 104 valence electrons. The molecule has 0 spiro atoms. The lowest BCUT2D eigenvalue weighted by molar-refractivity contribution is -0.155. The zero-order valence-corrected chi connectivity index (χ0v) is 11.8. The number of nitrogens with zero attached hydrogens (tertiary/aromatic N) is 4. The number of carbonyl (C=O) groups is 1. The molecule has 0 fully saturated rings. The summed E-state index contributed by atoms with van der Waals surface area (Å²) in [5, 5.41) is 14.0. The second-order valence-corrected chi connectivity index (χ2v) is 5.42. The number of esters is 1. The van der Waals surface area contributed by atoms with Gasteiger partial charge < -0.3 is 4.74 Å². The van der Waals surface area contributed by atoms with Gasteiger partial charge >= 0.3 is 5.97 Å². The van der Waals surface area contributed by atoms with E-state index in [4.69, 9.17) is 10.00 Å². The molecule has 0 aliphatic carbocycles. The Kier molecular flexibility index (Phi) is 3.70. The number of fused-ring (bicyclic) bond motifs is 1. The molecule has 2 rings (SSSR count). The molecule has 0 atom stereocenters. The Balaban J connectivity index is 2.31. The zero-order valence-electron chi connectivity index (χ0n) is 11.8. The summed E-state index contributed by atoms with van der Waals surface area (Å²) in [6.45, 7) is 5.45. The summed E-state index contributed by atoms with van der Waals surface area (Å²) in [6.07, 6.45) is 3.47. The van der Waals surface area contributed by atoms with Gasteiger partial charge in [-0.15, -0.1) is 0 Å². The Morgan fingerprint density at radius 1 is 1.50 bits per heavy atom. The van der Waals surface area contributed by atoms with Crippen molar-refractivity contribution >= 4 is 16.9 Å². The number of ether oxygens (including phenoxy) is 1. The van der Waals surface area contributed by atoms with Crippen LogP contribution in [0.25, 0.3) is 10.9 Å². The normalized spacial score (nSPS) is 11.3. The average Bonchev–Trinajstić information content (AvgIpc) is 2.66. The van der Waals surface area contributed by atoms with E-state index in [9.17, 15) is 4.79 Å². The van der Waals surface area contributed by atoms with Crippen LogP contribution in [-0.4, -0.2) is 26.3 Å². The van der Waals surface area contributed by atoms with Crippen molar-refractivity contribution in [1.82, 2.24) is 14.8 Å². The highest BCUT2D eigenvalue weighted by Crippen LogP contribution is 2.18. The van der Waals surface area contributed by atoms with Crippen LogP contribution in [0.4, 0.5) is 0 Å². The first-order chi connectivity index (χ1) is 9.40. The van der Waals surface area contributed by atoms with Gasteiger partial charge in [0.2, 0.25) is 0 Å². The Hall–Kier alpha value is -2.42. The van der Waals surface area contributed by atoms with Crippen LogP contribution in [-0.2, 0) is 22.5 Å². The van der Waals surface area contributed by atoms with Crippen LogP contribution in [0.5, 0.6) is 0 Å². The predicted octanol–water partition coefficient (Wildman–Crippen LogP) is 1.84. The highest BCUT2D eigenvalue weighted by atomic mass is 16.6. The van der Waals surface area contributed by atoms with Gasteiger partial charge in [0.15, 0.2) is 0 Å². The second-order valence-electron chi connectivity index (χ2n) is 5.42. The van der Waals surface area contributed by atoms with E-state index < -0.39 is 5.60 Å². The van der Waals surface area contributed by atoms with Gasteiger partial charge in [0.05, 0.1) is 29.9 Å². The van der Waals surface area contributed by atoms with E-state index in [2.05, 4.69) is 16.2 Å². The van der Waals surface area contributed by atoms with Crippen LogP contribution in [0, 0.1) is 11.3 Å².